The molecule has 0 aromatic heterocycles. The molecule has 3 heteroatoms. The second-order valence-corrected chi connectivity index (χ2v) is 5.15. The van der Waals surface area contributed by atoms with Gasteiger partial charge >= 0.3 is 0 Å². The molecule has 0 spiro atoms. The summed E-state index contributed by atoms with van der Waals surface area (Å²) in [5.41, 5.74) is 1.24. The Morgan fingerprint density at radius 3 is 2.35 bits per heavy atom. The van der Waals surface area contributed by atoms with E-state index in [0.717, 1.165) is 37.3 Å². The van der Waals surface area contributed by atoms with Gasteiger partial charge in [-0.1, -0.05) is 30.3 Å². The van der Waals surface area contributed by atoms with Gasteiger partial charge in [-0.3, -0.25) is 0 Å². The van der Waals surface area contributed by atoms with Crippen LogP contribution in [0, 0.1) is 11.6 Å². The maximum atomic E-state index is 14.1. The first-order valence-electron chi connectivity index (χ1n) is 6.95. The van der Waals surface area contributed by atoms with Gasteiger partial charge in [-0.05, 0) is 37.3 Å². The molecule has 0 N–H and O–H groups in total. The van der Waals surface area contributed by atoms with Crippen molar-refractivity contribution in [1.82, 2.24) is 0 Å². The number of benzene rings is 2. The molecule has 3 rings (SSSR count). The molecule has 1 nitrogen and oxygen atoms in total. The van der Waals surface area contributed by atoms with E-state index in [2.05, 4.69) is 0 Å². The fourth-order valence-corrected chi connectivity index (χ4v) is 2.69. The summed E-state index contributed by atoms with van der Waals surface area (Å²) < 4.78 is 33.4. The second kappa shape index (κ2) is 5.61. The van der Waals surface area contributed by atoms with E-state index in [1.807, 2.05) is 30.3 Å². The molecule has 1 aliphatic carbocycles. The molecular formula is C17H16F2O. The Morgan fingerprint density at radius 2 is 1.65 bits per heavy atom. The van der Waals surface area contributed by atoms with Crippen molar-refractivity contribution in [2.24, 2.45) is 0 Å². The van der Waals surface area contributed by atoms with Gasteiger partial charge in [0.2, 0.25) is 0 Å². The van der Waals surface area contributed by atoms with E-state index in [4.69, 9.17) is 4.74 Å². The summed E-state index contributed by atoms with van der Waals surface area (Å²) in [4.78, 5) is 0. The van der Waals surface area contributed by atoms with Crippen molar-refractivity contribution in [3.05, 3.63) is 54.1 Å². The maximum absolute atomic E-state index is 14.1. The Hall–Kier alpha value is -1.90. The molecule has 0 saturated heterocycles. The summed E-state index contributed by atoms with van der Waals surface area (Å²) in [5.74, 6) is -1.04. The minimum Gasteiger partial charge on any atom is -0.487 e. The highest BCUT2D eigenvalue weighted by Gasteiger charge is 2.21. The monoisotopic (exact) mass is 274 g/mol. The van der Waals surface area contributed by atoms with E-state index >= 15 is 0 Å². The summed E-state index contributed by atoms with van der Waals surface area (Å²) in [6.45, 7) is 0. The first kappa shape index (κ1) is 13.1. The SMILES string of the molecule is Fc1cc(F)c(OC2CCCC2)c(-c2ccccc2)c1. The molecule has 0 amide bonds. The third-order valence-corrected chi connectivity index (χ3v) is 3.68. The highest BCUT2D eigenvalue weighted by Crippen LogP contribution is 2.36. The van der Waals surface area contributed by atoms with Crippen LogP contribution < -0.4 is 4.74 Å². The molecule has 20 heavy (non-hydrogen) atoms. The van der Waals surface area contributed by atoms with Gasteiger partial charge < -0.3 is 4.74 Å². The Kier molecular flexibility index (Phi) is 3.68. The normalized spacial score (nSPS) is 15.5. The fraction of sp³-hybridized carbons (Fsp3) is 0.294. The Balaban J connectivity index is 2.02. The van der Waals surface area contributed by atoms with Gasteiger partial charge in [-0.15, -0.1) is 0 Å². The highest BCUT2D eigenvalue weighted by atomic mass is 19.1. The fourth-order valence-electron chi connectivity index (χ4n) is 2.69. The molecule has 1 aliphatic rings. The first-order valence-corrected chi connectivity index (χ1v) is 6.95. The van der Waals surface area contributed by atoms with Gasteiger partial charge in [0.15, 0.2) is 11.6 Å². The van der Waals surface area contributed by atoms with Crippen molar-refractivity contribution in [3.63, 3.8) is 0 Å². The predicted molar refractivity (Wildman–Crippen MR) is 74.7 cm³/mol. The van der Waals surface area contributed by atoms with Crippen LogP contribution in [-0.2, 0) is 0 Å². The zero-order chi connectivity index (χ0) is 13.9. The Morgan fingerprint density at radius 1 is 0.950 bits per heavy atom. The van der Waals surface area contributed by atoms with Gasteiger partial charge in [0.25, 0.3) is 0 Å². The van der Waals surface area contributed by atoms with Crippen molar-refractivity contribution < 1.29 is 13.5 Å². The van der Waals surface area contributed by atoms with Gasteiger partial charge in [-0.2, -0.15) is 0 Å². The average molecular weight is 274 g/mol. The van der Waals surface area contributed by atoms with E-state index < -0.39 is 11.6 Å². The minimum absolute atomic E-state index is 0.0393. The van der Waals surface area contributed by atoms with Crippen LogP contribution in [0.25, 0.3) is 11.1 Å². The zero-order valence-electron chi connectivity index (χ0n) is 11.1. The van der Waals surface area contributed by atoms with Crippen LogP contribution in [-0.4, -0.2) is 6.10 Å². The van der Waals surface area contributed by atoms with Crippen molar-refractivity contribution in [2.75, 3.05) is 0 Å². The predicted octanol–water partition coefficient (Wildman–Crippen LogP) is 4.95. The van der Waals surface area contributed by atoms with Gasteiger partial charge in [0, 0.05) is 11.6 Å². The number of hydrogen-bond donors (Lipinski definition) is 0. The molecule has 2 aromatic rings. The smallest absolute Gasteiger partial charge is 0.168 e. The third kappa shape index (κ3) is 2.67. The van der Waals surface area contributed by atoms with Crippen molar-refractivity contribution in [2.45, 2.75) is 31.8 Å². The maximum Gasteiger partial charge on any atom is 0.168 e. The zero-order valence-corrected chi connectivity index (χ0v) is 11.1. The summed E-state index contributed by atoms with van der Waals surface area (Å²) in [6.07, 6.45) is 4.12. The molecule has 1 fully saturated rings. The van der Waals surface area contributed by atoms with Gasteiger partial charge in [0.1, 0.15) is 5.82 Å². The van der Waals surface area contributed by atoms with Gasteiger partial charge in [0.05, 0.1) is 6.10 Å². The molecular weight excluding hydrogens is 258 g/mol. The topological polar surface area (TPSA) is 9.23 Å². The molecule has 0 bridgehead atoms. The molecule has 0 heterocycles. The minimum atomic E-state index is -0.629. The summed E-state index contributed by atoms with van der Waals surface area (Å²) in [6, 6.07) is 11.4. The molecule has 1 saturated carbocycles. The number of ether oxygens (including phenoxy) is 1. The Bertz CT molecular complexity index is 589. The Labute approximate surface area is 117 Å². The van der Waals surface area contributed by atoms with Crippen LogP contribution in [0.5, 0.6) is 5.75 Å². The lowest BCUT2D eigenvalue weighted by molar-refractivity contribution is 0.201. The van der Waals surface area contributed by atoms with E-state index in [1.54, 1.807) is 0 Å². The van der Waals surface area contributed by atoms with Crippen molar-refractivity contribution in [1.29, 1.82) is 0 Å². The van der Waals surface area contributed by atoms with Crippen molar-refractivity contribution >= 4 is 0 Å². The van der Waals surface area contributed by atoms with E-state index in [0.29, 0.717) is 5.56 Å². The largest absolute Gasteiger partial charge is 0.487 e. The summed E-state index contributed by atoms with van der Waals surface area (Å²) >= 11 is 0. The lowest BCUT2D eigenvalue weighted by atomic mass is 10.0. The molecule has 2 aromatic carbocycles. The number of hydrogen-bond acceptors (Lipinski definition) is 1. The average Bonchev–Trinajstić information content (AvgIpc) is 2.95. The van der Waals surface area contributed by atoms with Crippen molar-refractivity contribution in [3.8, 4) is 16.9 Å². The summed E-state index contributed by atoms with van der Waals surface area (Å²) in [5, 5.41) is 0. The lowest BCUT2D eigenvalue weighted by Crippen LogP contribution is -2.13. The van der Waals surface area contributed by atoms with E-state index in [1.165, 1.54) is 6.07 Å². The highest BCUT2D eigenvalue weighted by molar-refractivity contribution is 5.70. The van der Waals surface area contributed by atoms with Gasteiger partial charge in [-0.25, -0.2) is 8.78 Å². The second-order valence-electron chi connectivity index (χ2n) is 5.15. The molecule has 0 unspecified atom stereocenters. The quantitative estimate of drug-likeness (QED) is 0.769. The van der Waals surface area contributed by atoms with Crippen LogP contribution in [0.2, 0.25) is 0 Å². The van der Waals surface area contributed by atoms with Crippen LogP contribution in [0.15, 0.2) is 42.5 Å². The molecule has 104 valence electrons. The number of halogens is 2. The van der Waals surface area contributed by atoms with E-state index in [9.17, 15) is 8.78 Å². The van der Waals surface area contributed by atoms with Crippen LogP contribution in [0.1, 0.15) is 25.7 Å². The first-order chi connectivity index (χ1) is 9.74. The molecule has 0 aliphatic heterocycles. The third-order valence-electron chi connectivity index (χ3n) is 3.68. The van der Waals surface area contributed by atoms with Crippen LogP contribution in [0.4, 0.5) is 8.78 Å². The lowest BCUT2D eigenvalue weighted by Gasteiger charge is -2.17. The standard InChI is InChI=1S/C17H16F2O/c18-13-10-15(12-6-2-1-3-7-12)17(16(19)11-13)20-14-8-4-5-9-14/h1-3,6-7,10-11,14H,4-5,8-9H2. The van der Waals surface area contributed by atoms with Crippen LogP contribution >= 0.6 is 0 Å². The number of rotatable bonds is 3. The molecule has 0 radical (unpaired) electrons. The van der Waals surface area contributed by atoms with Crippen LogP contribution in [0.3, 0.4) is 0 Å². The molecule has 0 atom stereocenters. The summed E-state index contributed by atoms with van der Waals surface area (Å²) in [7, 11) is 0. The van der Waals surface area contributed by atoms with E-state index in [-0.39, 0.29) is 11.9 Å².